The molecule has 116 valence electrons. The smallest absolute Gasteiger partial charge is 0.112 e. The minimum atomic E-state index is -0.204. The van der Waals surface area contributed by atoms with Gasteiger partial charge in [-0.15, -0.1) is 0 Å². The van der Waals surface area contributed by atoms with Gasteiger partial charge in [0.25, 0.3) is 0 Å². The summed E-state index contributed by atoms with van der Waals surface area (Å²) in [4.78, 5) is 0. The number of ether oxygens (including phenoxy) is 5. The van der Waals surface area contributed by atoms with Crippen LogP contribution in [0, 0.1) is 5.92 Å². The predicted molar refractivity (Wildman–Crippen MR) is 74.5 cm³/mol. The van der Waals surface area contributed by atoms with Crippen molar-refractivity contribution in [3.63, 3.8) is 0 Å². The quantitative estimate of drug-likeness (QED) is 0.576. The molecule has 0 amide bonds. The van der Waals surface area contributed by atoms with E-state index in [4.69, 9.17) is 23.7 Å². The molecule has 0 aromatic carbocycles. The van der Waals surface area contributed by atoms with Crippen molar-refractivity contribution in [1.82, 2.24) is 0 Å². The molecule has 0 radical (unpaired) electrons. The molecule has 0 fully saturated rings. The molecule has 19 heavy (non-hydrogen) atoms. The molecule has 0 aromatic heterocycles. The van der Waals surface area contributed by atoms with E-state index in [1.807, 2.05) is 6.92 Å². The lowest BCUT2D eigenvalue weighted by Gasteiger charge is -2.37. The summed E-state index contributed by atoms with van der Waals surface area (Å²) in [7, 11) is 8.39. The summed E-state index contributed by atoms with van der Waals surface area (Å²) in [6, 6.07) is 0. The molecule has 0 spiro atoms. The van der Waals surface area contributed by atoms with E-state index < -0.39 is 0 Å². The molecule has 5 nitrogen and oxygen atoms in total. The van der Waals surface area contributed by atoms with Crippen LogP contribution in [0.4, 0.5) is 0 Å². The van der Waals surface area contributed by atoms with Crippen LogP contribution in [0.25, 0.3) is 0 Å². The normalized spacial score (nSPS) is 19.7. The first-order valence-electron chi connectivity index (χ1n) is 6.71. The van der Waals surface area contributed by atoms with Crippen molar-refractivity contribution in [3.8, 4) is 0 Å². The fourth-order valence-corrected chi connectivity index (χ4v) is 2.44. The third kappa shape index (κ3) is 5.36. The highest BCUT2D eigenvalue weighted by Gasteiger charge is 2.37. The molecular weight excluding hydrogens is 248 g/mol. The van der Waals surface area contributed by atoms with E-state index in [-0.39, 0.29) is 30.3 Å². The van der Waals surface area contributed by atoms with Crippen LogP contribution in [0.2, 0.25) is 0 Å². The van der Waals surface area contributed by atoms with Crippen LogP contribution >= 0.6 is 0 Å². The van der Waals surface area contributed by atoms with E-state index in [9.17, 15) is 0 Å². The SMILES string of the molecule is CCC(COC)C(OC)C(OC)C(OC)C(C)OC. The summed E-state index contributed by atoms with van der Waals surface area (Å²) in [5, 5.41) is 0. The van der Waals surface area contributed by atoms with Crippen molar-refractivity contribution >= 4 is 0 Å². The van der Waals surface area contributed by atoms with Crippen LogP contribution < -0.4 is 0 Å². The standard InChI is InChI=1S/C14H30O5/c1-8-11(9-15-3)13(18-6)14(19-7)12(17-5)10(2)16-4/h10-14H,8-9H2,1-7H3. The third-order valence-electron chi connectivity index (χ3n) is 3.67. The lowest BCUT2D eigenvalue weighted by atomic mass is 9.91. The second-order valence-electron chi connectivity index (χ2n) is 4.67. The summed E-state index contributed by atoms with van der Waals surface area (Å²) >= 11 is 0. The average Bonchev–Trinajstić information content (AvgIpc) is 2.45. The van der Waals surface area contributed by atoms with Crippen LogP contribution in [0.5, 0.6) is 0 Å². The van der Waals surface area contributed by atoms with Gasteiger partial charge in [-0.3, -0.25) is 0 Å². The molecule has 5 atom stereocenters. The van der Waals surface area contributed by atoms with Crippen molar-refractivity contribution < 1.29 is 23.7 Å². The Morgan fingerprint density at radius 1 is 0.737 bits per heavy atom. The molecule has 0 N–H and O–H groups in total. The van der Waals surface area contributed by atoms with E-state index in [2.05, 4.69) is 6.92 Å². The zero-order valence-electron chi connectivity index (χ0n) is 13.3. The fraction of sp³-hybridized carbons (Fsp3) is 1.00. The van der Waals surface area contributed by atoms with E-state index >= 15 is 0 Å². The van der Waals surface area contributed by atoms with E-state index in [0.29, 0.717) is 6.61 Å². The molecular formula is C14H30O5. The molecule has 0 heterocycles. The minimum Gasteiger partial charge on any atom is -0.384 e. The van der Waals surface area contributed by atoms with Gasteiger partial charge in [0.05, 0.1) is 18.8 Å². The zero-order chi connectivity index (χ0) is 14.8. The van der Waals surface area contributed by atoms with Crippen molar-refractivity contribution in [3.05, 3.63) is 0 Å². The van der Waals surface area contributed by atoms with E-state index in [1.165, 1.54) is 0 Å². The molecule has 0 saturated carbocycles. The molecule has 0 aliphatic heterocycles. The number of rotatable bonds is 11. The van der Waals surface area contributed by atoms with Crippen molar-refractivity contribution in [2.24, 2.45) is 5.92 Å². The molecule has 5 unspecified atom stereocenters. The lowest BCUT2D eigenvalue weighted by molar-refractivity contribution is -0.161. The van der Waals surface area contributed by atoms with Gasteiger partial charge in [0.15, 0.2) is 0 Å². The Balaban J connectivity index is 5.01. The molecule has 0 aromatic rings. The van der Waals surface area contributed by atoms with E-state index in [0.717, 1.165) is 6.42 Å². The fourth-order valence-electron chi connectivity index (χ4n) is 2.44. The van der Waals surface area contributed by atoms with Gasteiger partial charge < -0.3 is 23.7 Å². The minimum absolute atomic E-state index is 0.0762. The Kier molecular flexibility index (Phi) is 10.5. The highest BCUT2D eigenvalue weighted by molar-refractivity contribution is 4.87. The topological polar surface area (TPSA) is 46.2 Å². The first-order chi connectivity index (χ1) is 9.10. The monoisotopic (exact) mass is 278 g/mol. The number of hydrogen-bond donors (Lipinski definition) is 0. The summed E-state index contributed by atoms with van der Waals surface area (Å²) in [5.74, 6) is 0.252. The Hall–Kier alpha value is -0.200. The molecule has 0 aliphatic carbocycles. The zero-order valence-corrected chi connectivity index (χ0v) is 13.3. The molecule has 0 aliphatic rings. The van der Waals surface area contributed by atoms with Gasteiger partial charge in [0.2, 0.25) is 0 Å². The summed E-state index contributed by atoms with van der Waals surface area (Å²) < 4.78 is 27.4. The Bertz CT molecular complexity index is 212. The summed E-state index contributed by atoms with van der Waals surface area (Å²) in [6.45, 7) is 4.71. The molecule has 0 rings (SSSR count). The first kappa shape index (κ1) is 18.8. The van der Waals surface area contributed by atoms with Crippen molar-refractivity contribution in [2.75, 3.05) is 42.2 Å². The van der Waals surface area contributed by atoms with Gasteiger partial charge in [0, 0.05) is 41.5 Å². The van der Waals surface area contributed by atoms with Gasteiger partial charge in [-0.05, 0) is 13.3 Å². The van der Waals surface area contributed by atoms with Crippen LogP contribution in [0.15, 0.2) is 0 Å². The second-order valence-corrected chi connectivity index (χ2v) is 4.67. The maximum absolute atomic E-state index is 5.65. The lowest BCUT2D eigenvalue weighted by Crippen LogP contribution is -2.50. The van der Waals surface area contributed by atoms with Crippen LogP contribution in [0.3, 0.4) is 0 Å². The van der Waals surface area contributed by atoms with Crippen molar-refractivity contribution in [1.29, 1.82) is 0 Å². The van der Waals surface area contributed by atoms with Gasteiger partial charge >= 0.3 is 0 Å². The highest BCUT2D eigenvalue weighted by Crippen LogP contribution is 2.23. The predicted octanol–water partition coefficient (Wildman–Crippen LogP) is 1.74. The molecule has 5 heteroatoms. The summed E-state index contributed by atoms with van der Waals surface area (Å²) in [6.07, 6.45) is 0.380. The molecule has 0 bridgehead atoms. The molecule has 0 saturated heterocycles. The highest BCUT2D eigenvalue weighted by atomic mass is 16.6. The van der Waals surface area contributed by atoms with Crippen LogP contribution in [-0.2, 0) is 23.7 Å². The largest absolute Gasteiger partial charge is 0.384 e. The van der Waals surface area contributed by atoms with Crippen LogP contribution in [-0.4, -0.2) is 66.6 Å². The van der Waals surface area contributed by atoms with Gasteiger partial charge in [-0.1, -0.05) is 6.92 Å². The average molecular weight is 278 g/mol. The number of methoxy groups -OCH3 is 5. The van der Waals surface area contributed by atoms with Gasteiger partial charge in [0.1, 0.15) is 12.2 Å². The third-order valence-corrected chi connectivity index (χ3v) is 3.67. The van der Waals surface area contributed by atoms with Crippen molar-refractivity contribution in [2.45, 2.75) is 44.7 Å². The Morgan fingerprint density at radius 3 is 1.58 bits per heavy atom. The van der Waals surface area contributed by atoms with E-state index in [1.54, 1.807) is 35.5 Å². The van der Waals surface area contributed by atoms with Gasteiger partial charge in [-0.2, -0.15) is 0 Å². The maximum atomic E-state index is 5.65. The Morgan fingerprint density at radius 2 is 1.26 bits per heavy atom. The Labute approximate surface area is 117 Å². The second kappa shape index (κ2) is 10.6. The van der Waals surface area contributed by atoms with Gasteiger partial charge in [-0.25, -0.2) is 0 Å². The summed E-state index contributed by atoms with van der Waals surface area (Å²) in [5.41, 5.74) is 0. The maximum Gasteiger partial charge on any atom is 0.112 e. The first-order valence-corrected chi connectivity index (χ1v) is 6.71. The van der Waals surface area contributed by atoms with Crippen LogP contribution in [0.1, 0.15) is 20.3 Å². The number of hydrogen-bond acceptors (Lipinski definition) is 5.